The summed E-state index contributed by atoms with van der Waals surface area (Å²) in [5.41, 5.74) is 0.398. The van der Waals surface area contributed by atoms with E-state index in [4.69, 9.17) is 4.74 Å². The Bertz CT molecular complexity index is 117. The van der Waals surface area contributed by atoms with Crippen LogP contribution >= 0.6 is 15.9 Å². The molecule has 1 nitrogen and oxygen atoms in total. The Morgan fingerprint density at radius 3 is 2.73 bits per heavy atom. The summed E-state index contributed by atoms with van der Waals surface area (Å²) in [6, 6.07) is 0. The van der Waals surface area contributed by atoms with Crippen molar-refractivity contribution in [1.29, 1.82) is 0 Å². The molecule has 1 atom stereocenters. The van der Waals surface area contributed by atoms with Crippen LogP contribution in [0.5, 0.6) is 0 Å². The van der Waals surface area contributed by atoms with Crippen molar-refractivity contribution in [2.45, 2.75) is 39.2 Å². The highest BCUT2D eigenvalue weighted by Gasteiger charge is 2.24. The predicted octanol–water partition coefficient (Wildman–Crippen LogP) is 2.98. The van der Waals surface area contributed by atoms with Gasteiger partial charge in [-0.2, -0.15) is 0 Å². The van der Waals surface area contributed by atoms with Crippen molar-refractivity contribution < 1.29 is 4.74 Å². The molecular weight excluding hydrogens is 204 g/mol. The second-order valence-electron chi connectivity index (χ2n) is 4.14. The van der Waals surface area contributed by atoms with Crippen LogP contribution < -0.4 is 0 Å². The SMILES string of the molecule is CC(C)(CBr)C[C@H]1CCCO1. The fourth-order valence-electron chi connectivity index (χ4n) is 1.48. The van der Waals surface area contributed by atoms with E-state index in [0.717, 1.165) is 11.9 Å². The number of ether oxygens (including phenoxy) is 1. The van der Waals surface area contributed by atoms with Crippen molar-refractivity contribution in [3.63, 3.8) is 0 Å². The van der Waals surface area contributed by atoms with Crippen LogP contribution in [0.1, 0.15) is 33.1 Å². The van der Waals surface area contributed by atoms with Gasteiger partial charge in [-0.3, -0.25) is 0 Å². The van der Waals surface area contributed by atoms with E-state index in [1.54, 1.807) is 0 Å². The Kier molecular flexibility index (Phi) is 3.38. The second kappa shape index (κ2) is 3.90. The van der Waals surface area contributed by atoms with E-state index in [0.29, 0.717) is 11.5 Å². The van der Waals surface area contributed by atoms with Gasteiger partial charge in [0.05, 0.1) is 6.10 Å². The molecule has 1 fully saturated rings. The molecule has 0 amide bonds. The summed E-state index contributed by atoms with van der Waals surface area (Å²) in [5, 5.41) is 1.07. The molecule has 0 N–H and O–H groups in total. The molecule has 11 heavy (non-hydrogen) atoms. The van der Waals surface area contributed by atoms with E-state index in [-0.39, 0.29) is 0 Å². The van der Waals surface area contributed by atoms with Crippen LogP contribution in [-0.2, 0) is 4.74 Å². The molecule has 1 rings (SSSR count). The molecule has 0 aromatic rings. The topological polar surface area (TPSA) is 9.23 Å². The lowest BCUT2D eigenvalue weighted by Crippen LogP contribution is -2.21. The zero-order valence-corrected chi connectivity index (χ0v) is 8.99. The van der Waals surface area contributed by atoms with E-state index in [1.165, 1.54) is 19.3 Å². The third kappa shape index (κ3) is 3.12. The Labute approximate surface area is 77.6 Å². The molecule has 0 saturated carbocycles. The van der Waals surface area contributed by atoms with Gasteiger partial charge in [-0.1, -0.05) is 29.8 Å². The van der Waals surface area contributed by atoms with E-state index < -0.39 is 0 Å². The van der Waals surface area contributed by atoms with Crippen LogP contribution in [0.15, 0.2) is 0 Å². The summed E-state index contributed by atoms with van der Waals surface area (Å²) in [6.07, 6.45) is 4.24. The minimum Gasteiger partial charge on any atom is -0.378 e. The quantitative estimate of drug-likeness (QED) is 0.665. The van der Waals surface area contributed by atoms with Crippen LogP contribution in [0.25, 0.3) is 0 Å². The molecule has 0 aromatic heterocycles. The van der Waals surface area contributed by atoms with Gasteiger partial charge >= 0.3 is 0 Å². The van der Waals surface area contributed by atoms with Crippen molar-refractivity contribution >= 4 is 15.9 Å². The van der Waals surface area contributed by atoms with E-state index in [9.17, 15) is 0 Å². The van der Waals surface area contributed by atoms with Gasteiger partial charge in [-0.15, -0.1) is 0 Å². The first-order chi connectivity index (χ1) is 5.14. The maximum absolute atomic E-state index is 5.57. The average molecular weight is 221 g/mol. The third-order valence-corrected chi connectivity index (χ3v) is 3.68. The standard InChI is InChI=1S/C9H17BrO/c1-9(2,7-10)6-8-4-3-5-11-8/h8H,3-7H2,1-2H3/t8-/m1/s1. The molecule has 0 bridgehead atoms. The zero-order valence-electron chi connectivity index (χ0n) is 7.40. The van der Waals surface area contributed by atoms with E-state index in [2.05, 4.69) is 29.8 Å². The smallest absolute Gasteiger partial charge is 0.0581 e. The van der Waals surface area contributed by atoms with Gasteiger partial charge in [0.15, 0.2) is 0 Å². The number of rotatable bonds is 3. The Morgan fingerprint density at radius 2 is 2.27 bits per heavy atom. The maximum Gasteiger partial charge on any atom is 0.0581 e. The van der Waals surface area contributed by atoms with Crippen LogP contribution in [0.3, 0.4) is 0 Å². The fourth-order valence-corrected chi connectivity index (χ4v) is 1.71. The summed E-state index contributed by atoms with van der Waals surface area (Å²) in [7, 11) is 0. The monoisotopic (exact) mass is 220 g/mol. The fraction of sp³-hybridized carbons (Fsp3) is 1.00. The Morgan fingerprint density at radius 1 is 1.55 bits per heavy atom. The molecule has 0 unspecified atom stereocenters. The minimum absolute atomic E-state index is 0.398. The molecule has 0 spiro atoms. The first kappa shape index (κ1) is 9.53. The normalized spacial score (nSPS) is 25.9. The molecule has 0 aromatic carbocycles. The Balaban J connectivity index is 2.28. The van der Waals surface area contributed by atoms with Crippen LogP contribution in [0.4, 0.5) is 0 Å². The molecule has 1 aliphatic rings. The molecule has 0 radical (unpaired) electrons. The van der Waals surface area contributed by atoms with Gasteiger partial charge in [0, 0.05) is 11.9 Å². The molecular formula is C9H17BrO. The van der Waals surface area contributed by atoms with Gasteiger partial charge in [-0.25, -0.2) is 0 Å². The number of hydrogen-bond donors (Lipinski definition) is 0. The summed E-state index contributed by atoms with van der Waals surface area (Å²) >= 11 is 3.52. The summed E-state index contributed by atoms with van der Waals surface area (Å²) in [4.78, 5) is 0. The van der Waals surface area contributed by atoms with Crippen molar-refractivity contribution in [1.82, 2.24) is 0 Å². The van der Waals surface area contributed by atoms with E-state index >= 15 is 0 Å². The molecule has 1 heterocycles. The third-order valence-electron chi connectivity index (χ3n) is 2.17. The molecule has 1 saturated heterocycles. The lowest BCUT2D eigenvalue weighted by atomic mass is 9.88. The highest BCUT2D eigenvalue weighted by atomic mass is 79.9. The van der Waals surface area contributed by atoms with Gasteiger partial charge in [-0.05, 0) is 24.7 Å². The summed E-state index contributed by atoms with van der Waals surface area (Å²) in [5.74, 6) is 0. The minimum atomic E-state index is 0.398. The number of alkyl halides is 1. The second-order valence-corrected chi connectivity index (χ2v) is 4.70. The van der Waals surface area contributed by atoms with Crippen molar-refractivity contribution in [3.05, 3.63) is 0 Å². The maximum atomic E-state index is 5.57. The summed E-state index contributed by atoms with van der Waals surface area (Å²) in [6.45, 7) is 5.54. The number of hydrogen-bond acceptors (Lipinski definition) is 1. The largest absolute Gasteiger partial charge is 0.378 e. The Hall–Kier alpha value is 0.440. The van der Waals surface area contributed by atoms with Crippen molar-refractivity contribution in [2.75, 3.05) is 11.9 Å². The molecule has 1 aliphatic heterocycles. The molecule has 2 heteroatoms. The van der Waals surface area contributed by atoms with Gasteiger partial charge < -0.3 is 4.74 Å². The lowest BCUT2D eigenvalue weighted by molar-refractivity contribution is 0.0777. The van der Waals surface area contributed by atoms with Crippen LogP contribution in [-0.4, -0.2) is 18.0 Å². The van der Waals surface area contributed by atoms with Gasteiger partial charge in [0.1, 0.15) is 0 Å². The van der Waals surface area contributed by atoms with Crippen molar-refractivity contribution in [3.8, 4) is 0 Å². The van der Waals surface area contributed by atoms with Crippen LogP contribution in [0, 0.1) is 5.41 Å². The van der Waals surface area contributed by atoms with Crippen LogP contribution in [0.2, 0.25) is 0 Å². The average Bonchev–Trinajstić information content (AvgIpc) is 2.39. The molecule has 66 valence electrons. The predicted molar refractivity (Wildman–Crippen MR) is 51.2 cm³/mol. The van der Waals surface area contributed by atoms with E-state index in [1.807, 2.05) is 0 Å². The molecule has 0 aliphatic carbocycles. The summed E-state index contributed by atoms with van der Waals surface area (Å²) < 4.78 is 5.57. The lowest BCUT2D eigenvalue weighted by Gasteiger charge is -2.24. The number of halogens is 1. The first-order valence-electron chi connectivity index (χ1n) is 4.32. The van der Waals surface area contributed by atoms with Crippen molar-refractivity contribution in [2.24, 2.45) is 5.41 Å². The highest BCUT2D eigenvalue weighted by Crippen LogP contribution is 2.29. The highest BCUT2D eigenvalue weighted by molar-refractivity contribution is 9.09. The zero-order chi connectivity index (χ0) is 8.32. The van der Waals surface area contributed by atoms with Gasteiger partial charge in [0.2, 0.25) is 0 Å². The first-order valence-corrected chi connectivity index (χ1v) is 5.44. The van der Waals surface area contributed by atoms with Gasteiger partial charge in [0.25, 0.3) is 0 Å².